The van der Waals surface area contributed by atoms with E-state index in [1.165, 1.54) is 25.7 Å². The molecule has 5 nitrogen and oxygen atoms in total. The van der Waals surface area contributed by atoms with Crippen molar-refractivity contribution in [1.29, 1.82) is 5.26 Å². The van der Waals surface area contributed by atoms with E-state index in [2.05, 4.69) is 28.2 Å². The van der Waals surface area contributed by atoms with Gasteiger partial charge in [-0.05, 0) is 32.6 Å². The number of nitriles is 1. The minimum absolute atomic E-state index is 0.546. The molecule has 0 spiro atoms. The van der Waals surface area contributed by atoms with Gasteiger partial charge in [0.2, 0.25) is 0 Å². The molecule has 1 aromatic rings. The summed E-state index contributed by atoms with van der Waals surface area (Å²) in [7, 11) is 0. The molecule has 2 aliphatic carbocycles. The fourth-order valence-corrected chi connectivity index (χ4v) is 2.44. The first-order valence-corrected chi connectivity index (χ1v) is 7.58. The number of rotatable bonds is 7. The average Bonchev–Trinajstić information content (AvgIpc) is 3.31. The topological polar surface area (TPSA) is 64.8 Å². The van der Waals surface area contributed by atoms with Crippen molar-refractivity contribution in [1.82, 2.24) is 9.97 Å². The molecule has 1 aromatic heterocycles. The van der Waals surface area contributed by atoms with Gasteiger partial charge in [-0.3, -0.25) is 0 Å². The van der Waals surface area contributed by atoms with Gasteiger partial charge in [-0.2, -0.15) is 5.26 Å². The van der Waals surface area contributed by atoms with E-state index >= 15 is 0 Å². The van der Waals surface area contributed by atoms with Gasteiger partial charge in [-0.25, -0.2) is 9.97 Å². The molecular weight excluding hydrogens is 250 g/mol. The lowest BCUT2D eigenvalue weighted by atomic mass is 10.3. The SMILES string of the molecule is CCNc1cc(N(CCC#N)C2CC2)nc(C2CC2)n1. The van der Waals surface area contributed by atoms with Crippen LogP contribution in [0.1, 0.15) is 50.8 Å². The molecule has 0 radical (unpaired) electrons. The highest BCUT2D eigenvalue weighted by molar-refractivity contribution is 5.51. The van der Waals surface area contributed by atoms with Crippen LogP contribution in [0.25, 0.3) is 0 Å². The van der Waals surface area contributed by atoms with E-state index in [-0.39, 0.29) is 0 Å². The molecule has 1 N–H and O–H groups in total. The van der Waals surface area contributed by atoms with Crippen molar-refractivity contribution in [3.8, 4) is 6.07 Å². The Morgan fingerprint density at radius 2 is 2.15 bits per heavy atom. The Labute approximate surface area is 120 Å². The van der Waals surface area contributed by atoms with Crippen molar-refractivity contribution in [3.63, 3.8) is 0 Å². The van der Waals surface area contributed by atoms with Gasteiger partial charge in [0.25, 0.3) is 0 Å². The van der Waals surface area contributed by atoms with E-state index < -0.39 is 0 Å². The van der Waals surface area contributed by atoms with Gasteiger partial charge >= 0.3 is 0 Å². The maximum absolute atomic E-state index is 8.83. The van der Waals surface area contributed by atoms with Crippen molar-refractivity contribution in [2.24, 2.45) is 0 Å². The Morgan fingerprint density at radius 3 is 2.75 bits per heavy atom. The summed E-state index contributed by atoms with van der Waals surface area (Å²) < 4.78 is 0. The number of hydrogen-bond donors (Lipinski definition) is 1. The zero-order chi connectivity index (χ0) is 13.9. The monoisotopic (exact) mass is 271 g/mol. The molecule has 0 saturated heterocycles. The zero-order valence-electron chi connectivity index (χ0n) is 12.0. The molecule has 0 atom stereocenters. The fraction of sp³-hybridized carbons (Fsp3) is 0.667. The third-order valence-corrected chi connectivity index (χ3v) is 3.78. The van der Waals surface area contributed by atoms with E-state index in [4.69, 9.17) is 10.2 Å². The second-order valence-corrected chi connectivity index (χ2v) is 5.61. The standard InChI is InChI=1S/C15H21N5/c1-2-17-13-10-14(19-15(18-13)11-4-5-11)20(9-3-8-16)12-6-7-12/h10-12H,2-7,9H2,1H3,(H,17,18,19). The van der Waals surface area contributed by atoms with E-state index in [9.17, 15) is 0 Å². The van der Waals surface area contributed by atoms with Crippen LogP contribution in [-0.4, -0.2) is 29.1 Å². The smallest absolute Gasteiger partial charge is 0.136 e. The van der Waals surface area contributed by atoms with Crippen LogP contribution in [0.3, 0.4) is 0 Å². The van der Waals surface area contributed by atoms with Crippen molar-refractivity contribution >= 4 is 11.6 Å². The molecule has 0 aromatic carbocycles. The van der Waals surface area contributed by atoms with Crippen LogP contribution in [0, 0.1) is 11.3 Å². The molecule has 5 heteroatoms. The van der Waals surface area contributed by atoms with Gasteiger partial charge in [0, 0.05) is 31.1 Å². The third kappa shape index (κ3) is 3.01. The third-order valence-electron chi connectivity index (χ3n) is 3.78. The van der Waals surface area contributed by atoms with Gasteiger partial charge in [0.05, 0.1) is 12.5 Å². The van der Waals surface area contributed by atoms with Crippen molar-refractivity contribution in [2.45, 2.75) is 51.0 Å². The Balaban J connectivity index is 1.86. The van der Waals surface area contributed by atoms with Crippen molar-refractivity contribution < 1.29 is 0 Å². The largest absolute Gasteiger partial charge is 0.370 e. The molecular formula is C15H21N5. The van der Waals surface area contributed by atoms with Crippen LogP contribution in [0.2, 0.25) is 0 Å². The van der Waals surface area contributed by atoms with Crippen LogP contribution in [-0.2, 0) is 0 Å². The lowest BCUT2D eigenvalue weighted by Crippen LogP contribution is -2.28. The van der Waals surface area contributed by atoms with Crippen LogP contribution in [0.5, 0.6) is 0 Å². The molecule has 0 bridgehead atoms. The summed E-state index contributed by atoms with van der Waals surface area (Å²) in [4.78, 5) is 11.7. The molecule has 20 heavy (non-hydrogen) atoms. The van der Waals surface area contributed by atoms with Gasteiger partial charge in [-0.1, -0.05) is 0 Å². The second kappa shape index (κ2) is 5.66. The van der Waals surface area contributed by atoms with Crippen LogP contribution in [0.4, 0.5) is 11.6 Å². The highest BCUT2D eigenvalue weighted by Gasteiger charge is 2.32. The zero-order valence-corrected chi connectivity index (χ0v) is 12.0. The summed E-state index contributed by atoms with van der Waals surface area (Å²) in [6.45, 7) is 3.71. The maximum atomic E-state index is 8.83. The van der Waals surface area contributed by atoms with Gasteiger partial charge in [0.15, 0.2) is 0 Å². The lowest BCUT2D eigenvalue weighted by Gasteiger charge is -2.23. The van der Waals surface area contributed by atoms with Crippen LogP contribution < -0.4 is 10.2 Å². The minimum atomic E-state index is 0.546. The lowest BCUT2D eigenvalue weighted by molar-refractivity contribution is 0.765. The molecule has 1 heterocycles. The predicted octanol–water partition coefficient (Wildman–Crippen LogP) is 2.67. The summed E-state index contributed by atoms with van der Waals surface area (Å²) in [5.74, 6) is 3.43. The predicted molar refractivity (Wildman–Crippen MR) is 78.8 cm³/mol. The van der Waals surface area contributed by atoms with Crippen molar-refractivity contribution in [3.05, 3.63) is 11.9 Å². The molecule has 0 unspecified atom stereocenters. The number of anilines is 2. The number of nitrogens with zero attached hydrogens (tertiary/aromatic N) is 4. The van der Waals surface area contributed by atoms with Crippen LogP contribution in [0.15, 0.2) is 6.07 Å². The first-order chi connectivity index (χ1) is 9.81. The molecule has 2 saturated carbocycles. The molecule has 106 valence electrons. The molecule has 2 aliphatic rings. The molecule has 0 amide bonds. The second-order valence-electron chi connectivity index (χ2n) is 5.61. The Bertz CT molecular complexity index is 513. The van der Waals surface area contributed by atoms with Gasteiger partial charge in [-0.15, -0.1) is 0 Å². The highest BCUT2D eigenvalue weighted by Crippen LogP contribution is 2.40. The molecule has 0 aliphatic heterocycles. The molecule has 3 rings (SSSR count). The normalized spacial score (nSPS) is 17.6. The quantitative estimate of drug-likeness (QED) is 0.826. The van der Waals surface area contributed by atoms with E-state index in [1.54, 1.807) is 0 Å². The van der Waals surface area contributed by atoms with Gasteiger partial charge < -0.3 is 10.2 Å². The minimum Gasteiger partial charge on any atom is -0.370 e. The summed E-state index contributed by atoms with van der Waals surface area (Å²) in [6.07, 6.45) is 5.39. The number of aromatic nitrogens is 2. The number of nitrogens with one attached hydrogen (secondary N) is 1. The number of hydrogen-bond acceptors (Lipinski definition) is 5. The Morgan fingerprint density at radius 1 is 1.35 bits per heavy atom. The average molecular weight is 271 g/mol. The molecule has 2 fully saturated rings. The van der Waals surface area contributed by atoms with E-state index in [1.807, 2.05) is 6.07 Å². The summed E-state index contributed by atoms with van der Waals surface area (Å²) >= 11 is 0. The van der Waals surface area contributed by atoms with Crippen molar-refractivity contribution in [2.75, 3.05) is 23.3 Å². The Hall–Kier alpha value is -1.83. The first-order valence-electron chi connectivity index (χ1n) is 7.58. The van der Waals surface area contributed by atoms with E-state index in [0.29, 0.717) is 18.4 Å². The van der Waals surface area contributed by atoms with E-state index in [0.717, 1.165) is 30.5 Å². The first kappa shape index (κ1) is 13.2. The fourth-order valence-electron chi connectivity index (χ4n) is 2.44. The summed E-state index contributed by atoms with van der Waals surface area (Å²) in [6, 6.07) is 4.84. The summed E-state index contributed by atoms with van der Waals surface area (Å²) in [5, 5.41) is 12.1. The van der Waals surface area contributed by atoms with Crippen LogP contribution >= 0.6 is 0 Å². The Kier molecular flexibility index (Phi) is 3.72. The highest BCUT2D eigenvalue weighted by atomic mass is 15.2. The van der Waals surface area contributed by atoms with Gasteiger partial charge in [0.1, 0.15) is 17.5 Å². The maximum Gasteiger partial charge on any atom is 0.136 e. The summed E-state index contributed by atoms with van der Waals surface area (Å²) in [5.41, 5.74) is 0.